The Kier molecular flexibility index (Phi) is 6.19. The van der Waals surface area contributed by atoms with Crippen molar-refractivity contribution in [2.45, 2.75) is 6.92 Å². The summed E-state index contributed by atoms with van der Waals surface area (Å²) in [6.07, 6.45) is 0. The SMILES string of the molecule is CNc1sc(C(=O)c2ccccc2)c(C)c1C(=O)Nc1cc(OC)ccc1OC. The van der Waals surface area contributed by atoms with Gasteiger partial charge in [0.25, 0.3) is 5.91 Å². The Balaban J connectivity index is 1.98. The first kappa shape index (κ1) is 20.4. The van der Waals surface area contributed by atoms with Gasteiger partial charge in [-0.1, -0.05) is 30.3 Å². The van der Waals surface area contributed by atoms with Gasteiger partial charge in [0.05, 0.1) is 30.3 Å². The van der Waals surface area contributed by atoms with Gasteiger partial charge in [-0.25, -0.2) is 0 Å². The summed E-state index contributed by atoms with van der Waals surface area (Å²) >= 11 is 1.27. The van der Waals surface area contributed by atoms with Crippen LogP contribution in [0.3, 0.4) is 0 Å². The normalized spacial score (nSPS) is 10.3. The van der Waals surface area contributed by atoms with E-state index in [0.29, 0.717) is 43.8 Å². The van der Waals surface area contributed by atoms with Gasteiger partial charge in [-0.2, -0.15) is 0 Å². The molecule has 3 rings (SSSR count). The van der Waals surface area contributed by atoms with E-state index in [4.69, 9.17) is 9.47 Å². The average Bonchev–Trinajstić information content (AvgIpc) is 3.10. The van der Waals surface area contributed by atoms with Gasteiger partial charge in [-0.05, 0) is 24.6 Å². The maximum absolute atomic E-state index is 13.1. The second kappa shape index (κ2) is 8.79. The fourth-order valence-electron chi connectivity index (χ4n) is 3.00. The van der Waals surface area contributed by atoms with Crippen LogP contribution in [-0.2, 0) is 0 Å². The molecule has 0 aliphatic rings. The molecular weight excluding hydrogens is 388 g/mol. The Labute approximate surface area is 173 Å². The summed E-state index contributed by atoms with van der Waals surface area (Å²) in [5, 5.41) is 6.53. The van der Waals surface area contributed by atoms with E-state index in [1.807, 2.05) is 18.2 Å². The maximum atomic E-state index is 13.1. The summed E-state index contributed by atoms with van der Waals surface area (Å²) in [6, 6.07) is 14.2. The van der Waals surface area contributed by atoms with E-state index in [-0.39, 0.29) is 11.7 Å². The lowest BCUT2D eigenvalue weighted by Crippen LogP contribution is -2.15. The van der Waals surface area contributed by atoms with Crippen molar-refractivity contribution in [2.75, 3.05) is 31.9 Å². The largest absolute Gasteiger partial charge is 0.497 e. The molecule has 0 atom stereocenters. The molecule has 29 heavy (non-hydrogen) atoms. The van der Waals surface area contributed by atoms with Crippen LogP contribution in [0.15, 0.2) is 48.5 Å². The minimum Gasteiger partial charge on any atom is -0.497 e. The lowest BCUT2D eigenvalue weighted by Gasteiger charge is -2.12. The minimum atomic E-state index is -0.332. The van der Waals surface area contributed by atoms with Crippen LogP contribution in [0.4, 0.5) is 10.7 Å². The van der Waals surface area contributed by atoms with E-state index in [0.717, 1.165) is 0 Å². The number of ketones is 1. The Morgan fingerprint density at radius 1 is 1.00 bits per heavy atom. The van der Waals surface area contributed by atoms with Gasteiger partial charge in [0.1, 0.15) is 16.5 Å². The number of benzene rings is 2. The van der Waals surface area contributed by atoms with Crippen molar-refractivity contribution < 1.29 is 19.1 Å². The predicted molar refractivity (Wildman–Crippen MR) is 116 cm³/mol. The standard InChI is InChI=1S/C22H22N2O4S/c1-13-18(21(26)24-16-12-15(27-3)10-11-17(16)28-4)22(23-2)29-20(13)19(25)14-8-6-5-7-9-14/h5-12,23H,1-4H3,(H,24,26). The third kappa shape index (κ3) is 4.09. The van der Waals surface area contributed by atoms with Gasteiger partial charge in [0.2, 0.25) is 5.78 Å². The van der Waals surface area contributed by atoms with E-state index < -0.39 is 0 Å². The first-order chi connectivity index (χ1) is 14.0. The molecule has 0 unspecified atom stereocenters. The van der Waals surface area contributed by atoms with Gasteiger partial charge in [-0.3, -0.25) is 9.59 Å². The van der Waals surface area contributed by atoms with E-state index in [1.165, 1.54) is 18.4 Å². The second-order valence-corrected chi connectivity index (χ2v) is 7.25. The minimum absolute atomic E-state index is 0.109. The quantitative estimate of drug-likeness (QED) is 0.557. The summed E-state index contributed by atoms with van der Waals surface area (Å²) in [5.41, 5.74) is 2.13. The van der Waals surface area contributed by atoms with Crippen LogP contribution in [0.25, 0.3) is 0 Å². The lowest BCUT2D eigenvalue weighted by molar-refractivity contribution is 0.102. The molecule has 1 heterocycles. The molecule has 1 amide bonds. The Morgan fingerprint density at radius 2 is 1.72 bits per heavy atom. The molecule has 2 N–H and O–H groups in total. The molecule has 6 nitrogen and oxygen atoms in total. The van der Waals surface area contributed by atoms with Crippen molar-refractivity contribution in [2.24, 2.45) is 0 Å². The number of thiophene rings is 1. The highest BCUT2D eigenvalue weighted by Crippen LogP contribution is 2.36. The number of methoxy groups -OCH3 is 2. The third-order valence-corrected chi connectivity index (χ3v) is 5.81. The first-order valence-corrected chi connectivity index (χ1v) is 9.76. The summed E-state index contributed by atoms with van der Waals surface area (Å²) in [4.78, 5) is 26.6. The lowest BCUT2D eigenvalue weighted by atomic mass is 10.0. The zero-order valence-corrected chi connectivity index (χ0v) is 17.5. The third-order valence-electron chi connectivity index (χ3n) is 4.50. The molecule has 0 radical (unpaired) electrons. The van der Waals surface area contributed by atoms with Crippen LogP contribution in [0, 0.1) is 6.92 Å². The number of rotatable bonds is 7. The number of carbonyl (C=O) groups is 2. The Morgan fingerprint density at radius 3 is 2.34 bits per heavy atom. The van der Waals surface area contributed by atoms with Crippen molar-refractivity contribution in [3.63, 3.8) is 0 Å². The van der Waals surface area contributed by atoms with Crippen molar-refractivity contribution in [1.82, 2.24) is 0 Å². The molecule has 150 valence electrons. The smallest absolute Gasteiger partial charge is 0.259 e. The monoisotopic (exact) mass is 410 g/mol. The average molecular weight is 410 g/mol. The molecule has 1 aromatic heterocycles. The molecule has 0 saturated carbocycles. The highest BCUT2D eigenvalue weighted by molar-refractivity contribution is 7.18. The van der Waals surface area contributed by atoms with Crippen molar-refractivity contribution in [3.05, 3.63) is 70.1 Å². The molecule has 0 saturated heterocycles. The zero-order chi connectivity index (χ0) is 21.0. The second-order valence-electron chi connectivity index (χ2n) is 6.23. The topological polar surface area (TPSA) is 76.7 Å². The highest BCUT2D eigenvalue weighted by Gasteiger charge is 2.25. The number of carbonyl (C=O) groups excluding carboxylic acids is 2. The number of amides is 1. The molecule has 0 aliphatic carbocycles. The number of nitrogens with one attached hydrogen (secondary N) is 2. The van der Waals surface area contributed by atoms with E-state index in [2.05, 4.69) is 10.6 Å². The van der Waals surface area contributed by atoms with Crippen LogP contribution < -0.4 is 20.1 Å². The maximum Gasteiger partial charge on any atom is 0.259 e. The summed E-state index contributed by atoms with van der Waals surface area (Å²) in [7, 11) is 4.81. The van der Waals surface area contributed by atoms with E-state index in [9.17, 15) is 9.59 Å². The molecule has 0 fully saturated rings. The van der Waals surface area contributed by atoms with Crippen LogP contribution >= 0.6 is 11.3 Å². The van der Waals surface area contributed by atoms with Crippen molar-refractivity contribution in [3.8, 4) is 11.5 Å². The number of hydrogen-bond acceptors (Lipinski definition) is 6. The van der Waals surface area contributed by atoms with Crippen LogP contribution in [0.1, 0.15) is 31.2 Å². The van der Waals surface area contributed by atoms with Crippen LogP contribution in [0.2, 0.25) is 0 Å². The zero-order valence-electron chi connectivity index (χ0n) is 16.7. The molecular formula is C22H22N2O4S. The predicted octanol–water partition coefficient (Wildman–Crippen LogP) is 4.60. The Hall–Kier alpha value is -3.32. The fourth-order valence-corrected chi connectivity index (χ4v) is 4.12. The number of anilines is 2. The van der Waals surface area contributed by atoms with E-state index >= 15 is 0 Å². The van der Waals surface area contributed by atoms with Gasteiger partial charge in [0.15, 0.2) is 0 Å². The molecule has 0 bridgehead atoms. The highest BCUT2D eigenvalue weighted by atomic mass is 32.1. The number of hydrogen-bond donors (Lipinski definition) is 2. The van der Waals surface area contributed by atoms with Gasteiger partial charge in [0, 0.05) is 18.7 Å². The Bertz CT molecular complexity index is 1040. The molecule has 7 heteroatoms. The summed E-state index contributed by atoms with van der Waals surface area (Å²) in [5.74, 6) is 0.667. The summed E-state index contributed by atoms with van der Waals surface area (Å²) in [6.45, 7) is 1.78. The van der Waals surface area contributed by atoms with Gasteiger partial charge < -0.3 is 20.1 Å². The van der Waals surface area contributed by atoms with Crippen LogP contribution in [-0.4, -0.2) is 33.0 Å². The van der Waals surface area contributed by atoms with Crippen LogP contribution in [0.5, 0.6) is 11.5 Å². The van der Waals surface area contributed by atoms with Crippen molar-refractivity contribution in [1.29, 1.82) is 0 Å². The van der Waals surface area contributed by atoms with Gasteiger partial charge in [-0.15, -0.1) is 11.3 Å². The van der Waals surface area contributed by atoms with Crippen molar-refractivity contribution >= 4 is 33.7 Å². The fraction of sp³-hybridized carbons (Fsp3) is 0.182. The van der Waals surface area contributed by atoms with Gasteiger partial charge >= 0.3 is 0 Å². The molecule has 3 aromatic rings. The first-order valence-electron chi connectivity index (χ1n) is 8.94. The van der Waals surface area contributed by atoms with E-state index in [1.54, 1.807) is 51.4 Å². The molecule has 0 spiro atoms. The number of ether oxygens (including phenoxy) is 2. The molecule has 0 aliphatic heterocycles. The molecule has 2 aromatic carbocycles. The summed E-state index contributed by atoms with van der Waals surface area (Å²) < 4.78 is 10.6.